The van der Waals surface area contributed by atoms with E-state index in [1.165, 1.54) is 24.3 Å². The van der Waals surface area contributed by atoms with Crippen LogP contribution in [0.15, 0.2) is 63.7 Å². The van der Waals surface area contributed by atoms with E-state index in [9.17, 15) is 28.1 Å². The highest BCUT2D eigenvalue weighted by Crippen LogP contribution is 2.19. The number of rotatable bonds is 7. The second-order valence-electron chi connectivity index (χ2n) is 5.28. The van der Waals surface area contributed by atoms with E-state index in [0.717, 1.165) is 31.4 Å². The highest BCUT2D eigenvalue weighted by atomic mass is 32.2. The number of hydrogen-bond donors (Lipinski definition) is 1. The van der Waals surface area contributed by atoms with Gasteiger partial charge >= 0.3 is 5.97 Å². The number of carbonyl (C=O) groups excluding carboxylic acids is 2. The van der Waals surface area contributed by atoms with Crippen molar-refractivity contribution < 1.29 is 32.2 Å². The highest BCUT2D eigenvalue weighted by molar-refractivity contribution is 7.85. The smallest absolute Gasteiger partial charge is 0.340 e. The van der Waals surface area contributed by atoms with Crippen molar-refractivity contribution in [1.29, 1.82) is 0 Å². The van der Waals surface area contributed by atoms with Crippen LogP contribution in [0, 0.1) is 10.1 Å². The molecule has 2 aromatic rings. The van der Waals surface area contributed by atoms with Gasteiger partial charge in [0.1, 0.15) is 0 Å². The molecule has 1 unspecified atom stereocenters. The first-order chi connectivity index (χ1) is 13.1. The topological polar surface area (TPSA) is 166 Å². The number of ether oxygens (including phenoxy) is 1. The molecule has 1 atom stereocenters. The summed E-state index contributed by atoms with van der Waals surface area (Å²) >= 11 is 0. The summed E-state index contributed by atoms with van der Waals surface area (Å²) in [6.07, 6.45) is 0. The van der Waals surface area contributed by atoms with Gasteiger partial charge in [-0.15, -0.1) is 0 Å². The average molecular weight is 407 g/mol. The molecule has 0 fully saturated rings. The van der Waals surface area contributed by atoms with Crippen LogP contribution in [-0.4, -0.2) is 42.8 Å². The van der Waals surface area contributed by atoms with Crippen LogP contribution in [0.1, 0.15) is 10.4 Å². The van der Waals surface area contributed by atoms with Crippen LogP contribution < -0.4 is 0 Å². The summed E-state index contributed by atoms with van der Waals surface area (Å²) in [6, 6.07) is 7.44. The zero-order valence-electron chi connectivity index (χ0n) is 14.3. The first-order valence-electron chi connectivity index (χ1n) is 7.48. The number of carbonyl (C=O) groups is 2. The fourth-order valence-electron chi connectivity index (χ4n) is 2.03. The summed E-state index contributed by atoms with van der Waals surface area (Å²) in [5, 5.41) is 18.0. The Morgan fingerprint density at radius 2 is 1.68 bits per heavy atom. The third-order valence-electron chi connectivity index (χ3n) is 3.46. The molecular weight excluding hydrogens is 394 g/mol. The molecule has 0 aliphatic carbocycles. The summed E-state index contributed by atoms with van der Waals surface area (Å²) in [6.45, 7) is 0. The minimum atomic E-state index is -4.38. The Morgan fingerprint density at radius 3 is 2.14 bits per heavy atom. The maximum Gasteiger partial charge on any atom is 0.340 e. The summed E-state index contributed by atoms with van der Waals surface area (Å²) in [5.74, 6) is -1.79. The van der Waals surface area contributed by atoms with E-state index in [4.69, 9.17) is 4.55 Å². The summed E-state index contributed by atoms with van der Waals surface area (Å²) < 4.78 is 35.5. The normalized spacial score (nSPS) is 12.5. The van der Waals surface area contributed by atoms with Gasteiger partial charge in [0, 0.05) is 17.7 Å². The lowest BCUT2D eigenvalue weighted by Gasteiger charge is -2.08. The van der Waals surface area contributed by atoms with Crippen LogP contribution in [0.4, 0.5) is 11.4 Å². The molecule has 0 amide bonds. The van der Waals surface area contributed by atoms with Crippen molar-refractivity contribution in [2.45, 2.75) is 10.9 Å². The van der Waals surface area contributed by atoms with Crippen LogP contribution in [0.3, 0.4) is 0 Å². The molecule has 0 bridgehead atoms. The van der Waals surface area contributed by atoms with Crippen molar-refractivity contribution in [2.75, 3.05) is 7.11 Å². The zero-order valence-corrected chi connectivity index (χ0v) is 15.1. The Kier molecular flexibility index (Phi) is 6.28. The number of methoxy groups -OCH3 is 1. The molecule has 0 heterocycles. The minimum absolute atomic E-state index is 0.0123. The lowest BCUT2D eigenvalue weighted by Crippen LogP contribution is -2.29. The number of esters is 1. The minimum Gasteiger partial charge on any atom is -0.467 e. The van der Waals surface area contributed by atoms with E-state index in [2.05, 4.69) is 15.0 Å². The van der Waals surface area contributed by atoms with Gasteiger partial charge in [0.05, 0.1) is 22.6 Å². The first-order valence-corrected chi connectivity index (χ1v) is 8.92. The van der Waals surface area contributed by atoms with Crippen LogP contribution in [-0.2, 0) is 19.6 Å². The third kappa shape index (κ3) is 5.02. The van der Waals surface area contributed by atoms with Crippen molar-refractivity contribution in [2.24, 2.45) is 10.2 Å². The Morgan fingerprint density at radius 1 is 1.11 bits per heavy atom. The maximum absolute atomic E-state index is 12.5. The van der Waals surface area contributed by atoms with Crippen LogP contribution in [0.2, 0.25) is 0 Å². The van der Waals surface area contributed by atoms with Crippen molar-refractivity contribution in [3.05, 3.63) is 64.2 Å². The Labute approximate surface area is 158 Å². The first kappa shape index (κ1) is 20.8. The zero-order chi connectivity index (χ0) is 20.9. The summed E-state index contributed by atoms with van der Waals surface area (Å²) in [5.41, 5.74) is -0.133. The van der Waals surface area contributed by atoms with Crippen molar-refractivity contribution in [1.82, 2.24) is 0 Å². The molecule has 0 aliphatic rings. The van der Waals surface area contributed by atoms with Gasteiger partial charge in [-0.25, -0.2) is 4.79 Å². The lowest BCUT2D eigenvalue weighted by atomic mass is 10.0. The number of hydrogen-bond acceptors (Lipinski definition) is 9. The molecule has 12 heteroatoms. The third-order valence-corrected chi connectivity index (χ3v) is 4.33. The SMILES string of the molecule is COC(=O)C(N=Nc1ccc(S(=O)(=O)O)cc1)C(=O)c1ccc([N+](=O)[O-])cc1. The van der Waals surface area contributed by atoms with Gasteiger partial charge in [-0.3, -0.25) is 19.5 Å². The molecular formula is C16H13N3O8S. The Hall–Kier alpha value is -3.51. The standard InChI is InChI=1S/C16H13N3O8S/c1-27-16(21)14(15(20)10-2-6-12(7-3-10)19(22)23)18-17-11-4-8-13(9-5-11)28(24,25)26/h2-9,14H,1H3,(H,24,25,26). The molecule has 0 spiro atoms. The van der Waals surface area contributed by atoms with E-state index >= 15 is 0 Å². The van der Waals surface area contributed by atoms with E-state index in [0.29, 0.717) is 0 Å². The molecule has 146 valence electrons. The number of benzene rings is 2. The van der Waals surface area contributed by atoms with E-state index < -0.39 is 32.8 Å². The van der Waals surface area contributed by atoms with Gasteiger partial charge in [0.2, 0.25) is 11.8 Å². The summed E-state index contributed by atoms with van der Waals surface area (Å²) in [4.78, 5) is 34.1. The van der Waals surface area contributed by atoms with Crippen molar-refractivity contribution in [3.63, 3.8) is 0 Å². The van der Waals surface area contributed by atoms with Gasteiger partial charge in [-0.2, -0.15) is 18.6 Å². The fraction of sp³-hybridized carbons (Fsp3) is 0.125. The predicted molar refractivity (Wildman–Crippen MR) is 94.0 cm³/mol. The summed E-state index contributed by atoms with van der Waals surface area (Å²) in [7, 11) is -3.33. The molecule has 2 rings (SSSR count). The van der Waals surface area contributed by atoms with E-state index in [-0.39, 0.29) is 21.8 Å². The molecule has 0 saturated carbocycles. The molecule has 28 heavy (non-hydrogen) atoms. The molecule has 0 aliphatic heterocycles. The van der Waals surface area contributed by atoms with Crippen molar-refractivity contribution in [3.8, 4) is 0 Å². The van der Waals surface area contributed by atoms with Gasteiger partial charge < -0.3 is 4.74 Å². The highest BCUT2D eigenvalue weighted by Gasteiger charge is 2.29. The van der Waals surface area contributed by atoms with Crippen molar-refractivity contribution >= 4 is 33.2 Å². The van der Waals surface area contributed by atoms with Gasteiger partial charge in [-0.05, 0) is 36.4 Å². The number of Topliss-reactive ketones (excluding diaryl/α,β-unsaturated/α-hetero) is 1. The van der Waals surface area contributed by atoms with Crippen LogP contribution in [0.5, 0.6) is 0 Å². The molecule has 1 N–H and O–H groups in total. The number of nitro benzene ring substituents is 1. The van der Waals surface area contributed by atoms with E-state index in [1.54, 1.807) is 0 Å². The quantitative estimate of drug-likeness (QED) is 0.139. The van der Waals surface area contributed by atoms with Crippen LogP contribution >= 0.6 is 0 Å². The maximum atomic E-state index is 12.5. The molecule has 2 aromatic carbocycles. The number of non-ortho nitro benzene ring substituents is 1. The number of azo groups is 1. The largest absolute Gasteiger partial charge is 0.467 e. The number of nitrogens with zero attached hydrogens (tertiary/aromatic N) is 3. The second-order valence-corrected chi connectivity index (χ2v) is 6.70. The fourth-order valence-corrected chi connectivity index (χ4v) is 2.51. The van der Waals surface area contributed by atoms with Gasteiger partial charge in [0.25, 0.3) is 15.8 Å². The Bertz CT molecular complexity index is 1030. The second kappa shape index (κ2) is 8.45. The molecule has 0 saturated heterocycles. The lowest BCUT2D eigenvalue weighted by molar-refractivity contribution is -0.384. The average Bonchev–Trinajstić information content (AvgIpc) is 2.67. The van der Waals surface area contributed by atoms with Crippen LogP contribution in [0.25, 0.3) is 0 Å². The number of nitro groups is 1. The predicted octanol–water partition coefficient (Wildman–Crippen LogP) is 2.35. The van der Waals surface area contributed by atoms with Gasteiger partial charge in [0.15, 0.2) is 0 Å². The Balaban J connectivity index is 2.28. The van der Waals surface area contributed by atoms with E-state index in [1.807, 2.05) is 0 Å². The monoisotopic (exact) mass is 407 g/mol. The molecule has 0 radical (unpaired) electrons. The number of ketones is 1. The molecule has 0 aromatic heterocycles. The van der Waals surface area contributed by atoms with Gasteiger partial charge in [-0.1, -0.05) is 0 Å². The molecule has 11 nitrogen and oxygen atoms in total.